The van der Waals surface area contributed by atoms with Crippen LogP contribution < -0.4 is 14.8 Å². The molecule has 152 valence electrons. The molecule has 0 radical (unpaired) electrons. The molecule has 5 nitrogen and oxygen atoms in total. The van der Waals surface area contributed by atoms with E-state index in [0.717, 1.165) is 22.0 Å². The van der Waals surface area contributed by atoms with Crippen molar-refractivity contribution in [3.63, 3.8) is 0 Å². The van der Waals surface area contributed by atoms with Gasteiger partial charge in [-0.1, -0.05) is 30.7 Å². The molecule has 0 unspecified atom stereocenters. The molecule has 0 bridgehead atoms. The van der Waals surface area contributed by atoms with Crippen LogP contribution in [0, 0.1) is 0 Å². The van der Waals surface area contributed by atoms with Gasteiger partial charge in [0, 0.05) is 11.6 Å². The van der Waals surface area contributed by atoms with Crippen LogP contribution in [-0.2, 0) is 11.4 Å². The highest BCUT2D eigenvalue weighted by Crippen LogP contribution is 2.38. The number of carbonyl (C=O) groups excluding carboxylic acids is 1. The molecule has 1 amide bonds. The van der Waals surface area contributed by atoms with Crippen molar-refractivity contribution in [2.24, 2.45) is 0 Å². The van der Waals surface area contributed by atoms with E-state index in [2.05, 4.69) is 21.2 Å². The van der Waals surface area contributed by atoms with Crippen LogP contribution in [0.4, 0.5) is 0 Å². The van der Waals surface area contributed by atoms with E-state index in [1.54, 1.807) is 18.1 Å². The topological polar surface area (TPSA) is 50.8 Å². The smallest absolute Gasteiger partial charge is 0.276 e. The largest absolute Gasteiger partial charge is 0.493 e. The Labute approximate surface area is 188 Å². The van der Waals surface area contributed by atoms with Crippen molar-refractivity contribution in [3.05, 3.63) is 62.7 Å². The number of halogens is 2. The number of carbonyl (C=O) groups is 1. The van der Waals surface area contributed by atoms with Gasteiger partial charge in [0.25, 0.3) is 5.91 Å². The first-order valence-corrected chi connectivity index (χ1v) is 10.6. The van der Waals surface area contributed by atoms with Crippen LogP contribution >= 0.6 is 39.7 Å². The van der Waals surface area contributed by atoms with Crippen LogP contribution in [0.15, 0.2) is 46.6 Å². The highest BCUT2D eigenvalue weighted by atomic mass is 79.9. The highest BCUT2D eigenvalue weighted by molar-refractivity contribution is 9.10. The predicted octanol–water partition coefficient (Wildman–Crippen LogP) is 5.16. The van der Waals surface area contributed by atoms with Crippen LogP contribution in [0.2, 0.25) is 5.02 Å². The second-order valence-electron chi connectivity index (χ2n) is 6.39. The van der Waals surface area contributed by atoms with Crippen molar-refractivity contribution in [1.82, 2.24) is 10.2 Å². The lowest BCUT2D eigenvalue weighted by Crippen LogP contribution is -2.31. The number of ether oxygens (including phenoxy) is 2. The van der Waals surface area contributed by atoms with Gasteiger partial charge in [-0.3, -0.25) is 9.69 Å². The van der Waals surface area contributed by atoms with Crippen LogP contribution in [-0.4, -0.2) is 29.6 Å². The van der Waals surface area contributed by atoms with E-state index in [9.17, 15) is 4.79 Å². The minimum Gasteiger partial charge on any atom is -0.493 e. The lowest BCUT2D eigenvalue weighted by molar-refractivity contribution is -0.122. The van der Waals surface area contributed by atoms with Crippen molar-refractivity contribution in [1.29, 1.82) is 0 Å². The average Bonchev–Trinajstić information content (AvgIpc) is 2.96. The Morgan fingerprint density at radius 3 is 2.66 bits per heavy atom. The lowest BCUT2D eigenvalue weighted by Gasteiger charge is -2.14. The number of rotatable bonds is 7. The molecular formula is C21H20BrClN2O3S. The summed E-state index contributed by atoms with van der Waals surface area (Å²) in [4.78, 5) is 14.1. The second kappa shape index (κ2) is 9.61. The molecule has 0 aliphatic carbocycles. The summed E-state index contributed by atoms with van der Waals surface area (Å²) in [5.74, 6) is 1.01. The van der Waals surface area contributed by atoms with Gasteiger partial charge in [0.1, 0.15) is 12.3 Å². The number of thiocarbonyl (C=S) groups is 1. The molecule has 1 N–H and O–H groups in total. The minimum atomic E-state index is -0.130. The molecular weight excluding hydrogens is 476 g/mol. The zero-order valence-electron chi connectivity index (χ0n) is 16.0. The van der Waals surface area contributed by atoms with Crippen molar-refractivity contribution in [2.75, 3.05) is 13.7 Å². The van der Waals surface area contributed by atoms with E-state index >= 15 is 0 Å². The zero-order chi connectivity index (χ0) is 21.0. The van der Waals surface area contributed by atoms with Gasteiger partial charge in [-0.15, -0.1) is 0 Å². The lowest BCUT2D eigenvalue weighted by atomic mass is 10.1. The van der Waals surface area contributed by atoms with Crippen LogP contribution in [0.1, 0.15) is 24.5 Å². The molecule has 8 heteroatoms. The summed E-state index contributed by atoms with van der Waals surface area (Å²) in [7, 11) is 1.57. The second-order valence-corrected chi connectivity index (χ2v) is 8.07. The molecule has 1 aliphatic heterocycles. The normalized spacial score (nSPS) is 15.0. The minimum absolute atomic E-state index is 0.130. The summed E-state index contributed by atoms with van der Waals surface area (Å²) < 4.78 is 12.2. The Kier molecular flexibility index (Phi) is 7.16. The number of methoxy groups -OCH3 is 1. The van der Waals surface area contributed by atoms with Gasteiger partial charge in [-0.2, -0.15) is 0 Å². The Morgan fingerprint density at radius 2 is 2.00 bits per heavy atom. The maximum atomic E-state index is 12.5. The molecule has 0 aromatic heterocycles. The van der Waals surface area contributed by atoms with Gasteiger partial charge in [-0.25, -0.2) is 0 Å². The fourth-order valence-electron chi connectivity index (χ4n) is 2.86. The molecule has 0 spiro atoms. The van der Waals surface area contributed by atoms with Crippen LogP contribution in [0.5, 0.6) is 11.5 Å². The van der Waals surface area contributed by atoms with Gasteiger partial charge in [-0.05, 0) is 76.0 Å². The van der Waals surface area contributed by atoms with Gasteiger partial charge >= 0.3 is 0 Å². The number of benzene rings is 2. The summed E-state index contributed by atoms with van der Waals surface area (Å²) in [5, 5.41) is 4.09. The Balaban J connectivity index is 1.82. The highest BCUT2D eigenvalue weighted by Gasteiger charge is 2.29. The molecule has 1 heterocycles. The van der Waals surface area contributed by atoms with Crippen LogP contribution in [0.25, 0.3) is 6.08 Å². The third kappa shape index (κ3) is 5.10. The molecule has 1 fully saturated rings. The van der Waals surface area contributed by atoms with Gasteiger partial charge in [0.15, 0.2) is 16.6 Å². The van der Waals surface area contributed by atoms with Crippen LogP contribution in [0.3, 0.4) is 0 Å². The first-order chi connectivity index (χ1) is 13.9. The fourth-order valence-corrected chi connectivity index (χ4v) is 3.85. The summed E-state index contributed by atoms with van der Waals surface area (Å²) in [5.41, 5.74) is 2.21. The Bertz CT molecular complexity index is 963. The van der Waals surface area contributed by atoms with E-state index in [1.807, 2.05) is 43.3 Å². The molecule has 2 aromatic rings. The fraction of sp³-hybridized carbons (Fsp3) is 0.238. The molecule has 2 aromatic carbocycles. The van der Waals surface area contributed by atoms with Gasteiger partial charge in [0.2, 0.25) is 0 Å². The summed E-state index contributed by atoms with van der Waals surface area (Å²) in [6.07, 6.45) is 2.58. The van der Waals surface area contributed by atoms with Gasteiger partial charge < -0.3 is 14.8 Å². The maximum absolute atomic E-state index is 12.5. The Morgan fingerprint density at radius 1 is 1.28 bits per heavy atom. The number of nitrogens with zero attached hydrogens (tertiary/aromatic N) is 1. The first-order valence-electron chi connectivity index (χ1n) is 9.02. The van der Waals surface area contributed by atoms with E-state index in [0.29, 0.717) is 40.5 Å². The predicted molar refractivity (Wildman–Crippen MR) is 122 cm³/mol. The first kappa shape index (κ1) is 21.6. The maximum Gasteiger partial charge on any atom is 0.276 e. The number of nitrogens with one attached hydrogen (secondary N) is 1. The monoisotopic (exact) mass is 494 g/mol. The molecule has 29 heavy (non-hydrogen) atoms. The quantitative estimate of drug-likeness (QED) is 0.425. The van der Waals surface area contributed by atoms with E-state index in [4.69, 9.17) is 33.3 Å². The molecule has 0 saturated carbocycles. The summed E-state index contributed by atoms with van der Waals surface area (Å²) >= 11 is 14.7. The van der Waals surface area contributed by atoms with E-state index < -0.39 is 0 Å². The molecule has 1 saturated heterocycles. The van der Waals surface area contributed by atoms with Crippen molar-refractivity contribution >= 4 is 56.8 Å². The van der Waals surface area contributed by atoms with E-state index in [1.165, 1.54) is 0 Å². The number of amides is 1. The van der Waals surface area contributed by atoms with Gasteiger partial charge in [0.05, 0.1) is 11.6 Å². The third-order valence-corrected chi connectivity index (χ3v) is 5.43. The average molecular weight is 496 g/mol. The molecule has 0 atom stereocenters. The molecule has 3 rings (SSSR count). The number of hydrogen-bond acceptors (Lipinski definition) is 4. The zero-order valence-corrected chi connectivity index (χ0v) is 19.2. The third-order valence-electron chi connectivity index (χ3n) is 4.27. The van der Waals surface area contributed by atoms with Crippen molar-refractivity contribution in [3.8, 4) is 11.5 Å². The number of hydrogen-bond donors (Lipinski definition) is 1. The van der Waals surface area contributed by atoms with E-state index in [-0.39, 0.29) is 5.91 Å². The van der Waals surface area contributed by atoms with Crippen molar-refractivity contribution < 1.29 is 14.3 Å². The summed E-state index contributed by atoms with van der Waals surface area (Å²) in [6, 6.07) is 11.1. The SMILES string of the molecule is CCCN1C(=O)C(=Cc2cc(Br)c(OCc3ccc(Cl)cc3)c(OC)c2)NC1=S. The molecule has 1 aliphatic rings. The Hall–Kier alpha value is -2.09. The standard InChI is InChI=1S/C21H20BrClN2O3S/c1-3-8-25-20(26)17(24-21(25)29)10-14-9-16(22)19(18(11-14)27-2)28-12-13-4-6-15(23)7-5-13/h4-7,9-11H,3,8,12H2,1-2H3,(H,24,29). The summed E-state index contributed by atoms with van der Waals surface area (Å²) in [6.45, 7) is 2.96. The van der Waals surface area contributed by atoms with Crippen molar-refractivity contribution in [2.45, 2.75) is 20.0 Å².